The van der Waals surface area contributed by atoms with Gasteiger partial charge in [-0.15, -0.1) is 11.6 Å². The van der Waals surface area contributed by atoms with Crippen molar-refractivity contribution < 1.29 is 4.79 Å². The topological polar surface area (TPSA) is 33.2 Å². The number of halogens is 2. The second-order valence-electron chi connectivity index (χ2n) is 4.66. The van der Waals surface area contributed by atoms with Crippen molar-refractivity contribution in [3.05, 3.63) is 29.0 Å². The molecule has 0 aliphatic carbocycles. The van der Waals surface area contributed by atoms with E-state index >= 15 is 0 Å². The highest BCUT2D eigenvalue weighted by molar-refractivity contribution is 6.33. The molecule has 1 fully saturated rings. The van der Waals surface area contributed by atoms with Crippen LogP contribution >= 0.6 is 23.2 Å². The molecular weight excluding hydrogens is 271 g/mol. The number of likely N-dealkylation sites (tertiary alicyclic amines) is 1. The summed E-state index contributed by atoms with van der Waals surface area (Å²) in [5.41, 5.74) is 0.532. The Labute approximate surface area is 117 Å². The Bertz CT molecular complexity index is 429. The lowest BCUT2D eigenvalue weighted by molar-refractivity contribution is 0.0690. The number of carbonyl (C=O) groups excluding carboxylic acids is 1. The summed E-state index contributed by atoms with van der Waals surface area (Å²) >= 11 is 12.1. The third-order valence-electron chi connectivity index (χ3n) is 3.48. The van der Waals surface area contributed by atoms with Gasteiger partial charge in [0, 0.05) is 30.9 Å². The Morgan fingerprint density at radius 3 is 2.72 bits per heavy atom. The summed E-state index contributed by atoms with van der Waals surface area (Å²) in [6.45, 7) is 3.52. The molecule has 1 unspecified atom stereocenters. The fourth-order valence-corrected chi connectivity index (χ4v) is 2.73. The van der Waals surface area contributed by atoms with Crippen molar-refractivity contribution in [3.63, 3.8) is 0 Å². The van der Waals surface area contributed by atoms with Crippen LogP contribution in [0.2, 0.25) is 5.02 Å². The van der Waals surface area contributed by atoms with E-state index in [1.165, 1.54) is 6.20 Å². The van der Waals surface area contributed by atoms with Crippen molar-refractivity contribution in [1.82, 2.24) is 9.88 Å². The molecule has 0 radical (unpaired) electrons. The molecule has 0 aromatic carbocycles. The number of aromatic nitrogens is 1. The monoisotopic (exact) mass is 286 g/mol. The van der Waals surface area contributed by atoms with Crippen molar-refractivity contribution in [2.75, 3.05) is 13.1 Å². The molecular formula is C13H16Cl2N2O. The number of carbonyl (C=O) groups is 1. The fourth-order valence-electron chi connectivity index (χ4n) is 2.28. The largest absolute Gasteiger partial charge is 0.339 e. The molecule has 1 aromatic rings. The molecule has 1 amide bonds. The number of alkyl halides is 1. The number of nitrogens with zero attached hydrogens (tertiary/aromatic N) is 2. The van der Waals surface area contributed by atoms with Crippen LogP contribution in [0.25, 0.3) is 0 Å². The molecule has 98 valence electrons. The van der Waals surface area contributed by atoms with Crippen molar-refractivity contribution >= 4 is 29.1 Å². The second-order valence-corrected chi connectivity index (χ2v) is 5.76. The average Bonchev–Trinajstić information content (AvgIpc) is 2.38. The highest BCUT2D eigenvalue weighted by Gasteiger charge is 2.26. The van der Waals surface area contributed by atoms with Crippen molar-refractivity contribution in [3.8, 4) is 0 Å². The highest BCUT2D eigenvalue weighted by Crippen LogP contribution is 2.25. The predicted octanol–water partition coefficient (Wildman–Crippen LogP) is 3.21. The zero-order valence-corrected chi connectivity index (χ0v) is 11.8. The van der Waals surface area contributed by atoms with Gasteiger partial charge in [-0.05, 0) is 31.7 Å². The van der Waals surface area contributed by atoms with Crippen LogP contribution in [-0.2, 0) is 0 Å². The molecule has 0 N–H and O–H groups in total. The Morgan fingerprint density at radius 2 is 2.17 bits per heavy atom. The first-order chi connectivity index (χ1) is 8.59. The zero-order chi connectivity index (χ0) is 13.1. The van der Waals surface area contributed by atoms with E-state index in [1.807, 2.05) is 11.8 Å². The quantitative estimate of drug-likeness (QED) is 0.782. The summed E-state index contributed by atoms with van der Waals surface area (Å²) in [6.07, 6.45) is 5.01. The number of piperidine rings is 1. The van der Waals surface area contributed by atoms with Gasteiger partial charge in [-0.2, -0.15) is 0 Å². The summed E-state index contributed by atoms with van der Waals surface area (Å²) in [5, 5.41) is 0.585. The van der Waals surface area contributed by atoms with Gasteiger partial charge in [-0.25, -0.2) is 0 Å². The van der Waals surface area contributed by atoms with Gasteiger partial charge in [-0.1, -0.05) is 11.6 Å². The first-order valence-electron chi connectivity index (χ1n) is 6.12. The maximum atomic E-state index is 12.3. The van der Waals surface area contributed by atoms with Crippen LogP contribution in [0, 0.1) is 5.92 Å². The Kier molecular flexibility index (Phi) is 4.46. The van der Waals surface area contributed by atoms with Crippen LogP contribution in [0.4, 0.5) is 0 Å². The van der Waals surface area contributed by atoms with E-state index in [9.17, 15) is 4.79 Å². The van der Waals surface area contributed by atoms with E-state index in [2.05, 4.69) is 4.98 Å². The van der Waals surface area contributed by atoms with Gasteiger partial charge in [-0.3, -0.25) is 9.78 Å². The SMILES string of the molecule is CC(Cl)C1CCN(C(=O)c2ccncc2Cl)CC1. The molecule has 3 nitrogen and oxygen atoms in total. The minimum absolute atomic E-state index is 0.0110. The zero-order valence-electron chi connectivity index (χ0n) is 10.3. The van der Waals surface area contributed by atoms with E-state index in [4.69, 9.17) is 23.2 Å². The Morgan fingerprint density at radius 1 is 1.50 bits per heavy atom. The van der Waals surface area contributed by atoms with Crippen LogP contribution in [-0.4, -0.2) is 34.3 Å². The van der Waals surface area contributed by atoms with E-state index < -0.39 is 0 Å². The molecule has 1 atom stereocenters. The molecule has 2 heterocycles. The van der Waals surface area contributed by atoms with Crippen molar-refractivity contribution in [2.45, 2.75) is 25.1 Å². The van der Waals surface area contributed by atoms with E-state index in [0.29, 0.717) is 16.5 Å². The molecule has 2 rings (SSSR count). The number of pyridine rings is 1. The molecule has 1 aliphatic heterocycles. The Hall–Kier alpha value is -0.800. The number of hydrogen-bond acceptors (Lipinski definition) is 2. The summed E-state index contributed by atoms with van der Waals surface area (Å²) < 4.78 is 0. The van der Waals surface area contributed by atoms with Gasteiger partial charge in [0.2, 0.25) is 0 Å². The van der Waals surface area contributed by atoms with E-state index in [1.54, 1.807) is 12.3 Å². The average molecular weight is 287 g/mol. The number of amides is 1. The molecule has 18 heavy (non-hydrogen) atoms. The molecule has 1 aromatic heterocycles. The number of rotatable bonds is 2. The standard InChI is InChI=1S/C13H16Cl2N2O/c1-9(14)10-3-6-17(7-4-10)13(18)11-2-5-16-8-12(11)15/h2,5,8-10H,3-4,6-7H2,1H3. The van der Waals surface area contributed by atoms with E-state index in [-0.39, 0.29) is 11.3 Å². The van der Waals surface area contributed by atoms with Gasteiger partial charge in [0.25, 0.3) is 5.91 Å². The van der Waals surface area contributed by atoms with Gasteiger partial charge >= 0.3 is 0 Å². The van der Waals surface area contributed by atoms with Gasteiger partial charge < -0.3 is 4.90 Å². The van der Waals surface area contributed by atoms with Crippen molar-refractivity contribution in [2.24, 2.45) is 5.92 Å². The normalized spacial score (nSPS) is 18.7. The minimum Gasteiger partial charge on any atom is -0.339 e. The second kappa shape index (κ2) is 5.89. The predicted molar refractivity (Wildman–Crippen MR) is 73.2 cm³/mol. The lowest BCUT2D eigenvalue weighted by atomic mass is 9.93. The molecule has 0 bridgehead atoms. The Balaban J connectivity index is 2.02. The van der Waals surface area contributed by atoms with E-state index in [0.717, 1.165) is 25.9 Å². The first kappa shape index (κ1) is 13.6. The van der Waals surface area contributed by atoms with Crippen LogP contribution in [0.3, 0.4) is 0 Å². The van der Waals surface area contributed by atoms with Crippen LogP contribution in [0.5, 0.6) is 0 Å². The summed E-state index contributed by atoms with van der Waals surface area (Å²) in [5.74, 6) is 0.492. The van der Waals surface area contributed by atoms with Crippen molar-refractivity contribution in [1.29, 1.82) is 0 Å². The molecule has 0 saturated carbocycles. The summed E-state index contributed by atoms with van der Waals surface area (Å²) in [6, 6.07) is 1.67. The fraction of sp³-hybridized carbons (Fsp3) is 0.538. The van der Waals surface area contributed by atoms with Crippen LogP contribution < -0.4 is 0 Å². The maximum Gasteiger partial charge on any atom is 0.255 e. The third-order valence-corrected chi connectivity index (χ3v) is 4.14. The highest BCUT2D eigenvalue weighted by atomic mass is 35.5. The first-order valence-corrected chi connectivity index (χ1v) is 6.94. The van der Waals surface area contributed by atoms with Gasteiger partial charge in [0.1, 0.15) is 0 Å². The smallest absolute Gasteiger partial charge is 0.255 e. The number of hydrogen-bond donors (Lipinski definition) is 0. The molecule has 0 spiro atoms. The lowest BCUT2D eigenvalue weighted by Crippen LogP contribution is -2.40. The molecule has 5 heteroatoms. The summed E-state index contributed by atoms with van der Waals surface area (Å²) in [4.78, 5) is 18.0. The summed E-state index contributed by atoms with van der Waals surface area (Å²) in [7, 11) is 0. The molecule has 1 saturated heterocycles. The third kappa shape index (κ3) is 2.96. The van der Waals surface area contributed by atoms with Gasteiger partial charge in [0.05, 0.1) is 10.6 Å². The lowest BCUT2D eigenvalue weighted by Gasteiger charge is -2.33. The van der Waals surface area contributed by atoms with Crippen LogP contribution in [0.15, 0.2) is 18.5 Å². The minimum atomic E-state index is -0.0110. The molecule has 1 aliphatic rings. The van der Waals surface area contributed by atoms with Gasteiger partial charge in [0.15, 0.2) is 0 Å². The maximum absolute atomic E-state index is 12.3. The van der Waals surface area contributed by atoms with Crippen LogP contribution in [0.1, 0.15) is 30.1 Å².